The smallest absolute Gasteiger partial charge is 0.0733 e. The molecule has 2 nitrogen and oxygen atoms in total. The summed E-state index contributed by atoms with van der Waals surface area (Å²) in [6, 6.07) is 6.62. The van der Waals surface area contributed by atoms with Crippen LogP contribution in [0.25, 0.3) is 0 Å². The molecular weight excluding hydrogens is 210 g/mol. The topological polar surface area (TPSA) is 32.3 Å². The first-order valence-electron chi connectivity index (χ1n) is 6.65. The molecule has 1 aliphatic rings. The van der Waals surface area contributed by atoms with Gasteiger partial charge in [0.25, 0.3) is 0 Å². The monoisotopic (exact) mass is 233 g/mol. The SMILES string of the molecule is Cc1cccc(C)c1CC(O)C1CCCCN1. The molecule has 1 heterocycles. The van der Waals surface area contributed by atoms with Crippen molar-refractivity contribution in [3.8, 4) is 0 Å². The van der Waals surface area contributed by atoms with Crippen LogP contribution in [0.5, 0.6) is 0 Å². The molecule has 1 aromatic carbocycles. The van der Waals surface area contributed by atoms with Crippen molar-refractivity contribution >= 4 is 0 Å². The maximum Gasteiger partial charge on any atom is 0.0733 e. The quantitative estimate of drug-likeness (QED) is 0.840. The number of aliphatic hydroxyl groups excluding tert-OH is 1. The van der Waals surface area contributed by atoms with E-state index in [0.717, 1.165) is 19.4 Å². The van der Waals surface area contributed by atoms with E-state index in [1.54, 1.807) is 0 Å². The van der Waals surface area contributed by atoms with Gasteiger partial charge < -0.3 is 10.4 Å². The van der Waals surface area contributed by atoms with Crippen LogP contribution in [0.4, 0.5) is 0 Å². The van der Waals surface area contributed by atoms with Crippen molar-refractivity contribution in [2.24, 2.45) is 0 Å². The van der Waals surface area contributed by atoms with Crippen LogP contribution < -0.4 is 5.32 Å². The van der Waals surface area contributed by atoms with Crippen molar-refractivity contribution in [2.45, 2.75) is 51.7 Å². The summed E-state index contributed by atoms with van der Waals surface area (Å²) in [5.41, 5.74) is 3.90. The zero-order valence-electron chi connectivity index (χ0n) is 10.9. The van der Waals surface area contributed by atoms with E-state index in [-0.39, 0.29) is 12.1 Å². The number of piperidine rings is 1. The Morgan fingerprint density at radius 3 is 2.59 bits per heavy atom. The molecule has 1 aliphatic heterocycles. The summed E-state index contributed by atoms with van der Waals surface area (Å²) in [5.74, 6) is 0. The average Bonchev–Trinajstić information content (AvgIpc) is 2.35. The van der Waals surface area contributed by atoms with E-state index in [4.69, 9.17) is 0 Å². The van der Waals surface area contributed by atoms with E-state index in [9.17, 15) is 5.11 Å². The number of benzene rings is 1. The van der Waals surface area contributed by atoms with Crippen molar-refractivity contribution in [3.63, 3.8) is 0 Å². The summed E-state index contributed by atoms with van der Waals surface area (Å²) in [7, 11) is 0. The summed E-state index contributed by atoms with van der Waals surface area (Å²) < 4.78 is 0. The number of aliphatic hydroxyl groups is 1. The number of nitrogens with one attached hydrogen (secondary N) is 1. The van der Waals surface area contributed by atoms with Gasteiger partial charge in [-0.3, -0.25) is 0 Å². The molecule has 2 rings (SSSR count). The van der Waals surface area contributed by atoms with Crippen molar-refractivity contribution in [2.75, 3.05) is 6.54 Å². The predicted molar refractivity (Wildman–Crippen MR) is 71.3 cm³/mol. The molecule has 94 valence electrons. The molecule has 2 heteroatoms. The Morgan fingerprint density at radius 2 is 2.00 bits per heavy atom. The first-order chi connectivity index (χ1) is 8.18. The number of aryl methyl sites for hydroxylation is 2. The fourth-order valence-electron chi connectivity index (χ4n) is 2.73. The lowest BCUT2D eigenvalue weighted by atomic mass is 9.91. The second-order valence-corrected chi connectivity index (χ2v) is 5.20. The molecule has 0 aromatic heterocycles. The van der Waals surface area contributed by atoms with Crippen LogP contribution in [0.1, 0.15) is 36.0 Å². The molecule has 17 heavy (non-hydrogen) atoms. The van der Waals surface area contributed by atoms with E-state index >= 15 is 0 Å². The van der Waals surface area contributed by atoms with Gasteiger partial charge in [-0.15, -0.1) is 0 Å². The molecule has 1 saturated heterocycles. The second kappa shape index (κ2) is 5.65. The zero-order chi connectivity index (χ0) is 12.3. The number of hydrogen-bond acceptors (Lipinski definition) is 2. The van der Waals surface area contributed by atoms with Gasteiger partial charge in [-0.05, 0) is 49.9 Å². The van der Waals surface area contributed by atoms with Crippen LogP contribution >= 0.6 is 0 Å². The Hall–Kier alpha value is -0.860. The minimum absolute atomic E-state index is 0.255. The lowest BCUT2D eigenvalue weighted by Gasteiger charge is -2.28. The largest absolute Gasteiger partial charge is 0.391 e. The summed E-state index contributed by atoms with van der Waals surface area (Å²) in [6.45, 7) is 5.31. The average molecular weight is 233 g/mol. The molecular formula is C15H23NO. The minimum Gasteiger partial charge on any atom is -0.391 e. The Morgan fingerprint density at radius 1 is 1.29 bits per heavy atom. The second-order valence-electron chi connectivity index (χ2n) is 5.20. The molecule has 0 radical (unpaired) electrons. The zero-order valence-corrected chi connectivity index (χ0v) is 10.9. The molecule has 2 unspecified atom stereocenters. The van der Waals surface area contributed by atoms with Crippen LogP contribution in [-0.2, 0) is 6.42 Å². The van der Waals surface area contributed by atoms with Crippen molar-refractivity contribution in [1.29, 1.82) is 0 Å². The Labute approximate surface area is 104 Å². The highest BCUT2D eigenvalue weighted by Gasteiger charge is 2.22. The van der Waals surface area contributed by atoms with Crippen LogP contribution in [0.15, 0.2) is 18.2 Å². The molecule has 2 atom stereocenters. The van der Waals surface area contributed by atoms with Gasteiger partial charge in [0, 0.05) is 12.5 Å². The molecule has 1 fully saturated rings. The van der Waals surface area contributed by atoms with Gasteiger partial charge in [-0.25, -0.2) is 0 Å². The molecule has 0 saturated carbocycles. The van der Waals surface area contributed by atoms with Gasteiger partial charge >= 0.3 is 0 Å². The predicted octanol–water partition coefficient (Wildman–Crippen LogP) is 2.35. The minimum atomic E-state index is -0.255. The van der Waals surface area contributed by atoms with Gasteiger partial charge in [0.05, 0.1) is 6.10 Å². The maximum atomic E-state index is 10.3. The Balaban J connectivity index is 2.04. The van der Waals surface area contributed by atoms with E-state index in [1.165, 1.54) is 29.5 Å². The number of hydrogen-bond donors (Lipinski definition) is 2. The normalized spacial score (nSPS) is 22.4. The Kier molecular flexibility index (Phi) is 4.19. The molecule has 1 aromatic rings. The summed E-state index contributed by atoms with van der Waals surface area (Å²) in [4.78, 5) is 0. The van der Waals surface area contributed by atoms with Crippen LogP contribution in [-0.4, -0.2) is 23.8 Å². The van der Waals surface area contributed by atoms with Gasteiger partial charge in [0.2, 0.25) is 0 Å². The molecule has 2 N–H and O–H groups in total. The van der Waals surface area contributed by atoms with Crippen molar-refractivity contribution in [3.05, 3.63) is 34.9 Å². The summed E-state index contributed by atoms with van der Waals surface area (Å²) in [6.07, 6.45) is 4.10. The molecule has 0 spiro atoms. The van der Waals surface area contributed by atoms with Crippen LogP contribution in [0, 0.1) is 13.8 Å². The molecule has 0 bridgehead atoms. The first kappa shape index (κ1) is 12.6. The van der Waals surface area contributed by atoms with E-state index in [2.05, 4.69) is 37.4 Å². The third-order valence-electron chi connectivity index (χ3n) is 3.87. The maximum absolute atomic E-state index is 10.3. The van der Waals surface area contributed by atoms with E-state index < -0.39 is 0 Å². The highest BCUT2D eigenvalue weighted by atomic mass is 16.3. The fraction of sp³-hybridized carbons (Fsp3) is 0.600. The third kappa shape index (κ3) is 3.08. The number of rotatable bonds is 3. The first-order valence-corrected chi connectivity index (χ1v) is 6.65. The van der Waals surface area contributed by atoms with Crippen LogP contribution in [0.2, 0.25) is 0 Å². The third-order valence-corrected chi connectivity index (χ3v) is 3.87. The molecule has 0 amide bonds. The fourth-order valence-corrected chi connectivity index (χ4v) is 2.73. The standard InChI is InChI=1S/C15H23NO/c1-11-6-5-7-12(2)13(11)10-15(17)14-8-3-4-9-16-14/h5-7,14-17H,3-4,8-10H2,1-2H3. The van der Waals surface area contributed by atoms with Crippen molar-refractivity contribution < 1.29 is 5.11 Å². The van der Waals surface area contributed by atoms with Gasteiger partial charge in [0.1, 0.15) is 0 Å². The lowest BCUT2D eigenvalue weighted by Crippen LogP contribution is -2.44. The van der Waals surface area contributed by atoms with E-state index in [1.807, 2.05) is 0 Å². The highest BCUT2D eigenvalue weighted by molar-refractivity contribution is 5.34. The lowest BCUT2D eigenvalue weighted by molar-refractivity contribution is 0.113. The van der Waals surface area contributed by atoms with E-state index in [0.29, 0.717) is 0 Å². The summed E-state index contributed by atoms with van der Waals surface area (Å²) in [5, 5.41) is 13.7. The van der Waals surface area contributed by atoms with Gasteiger partial charge in [-0.1, -0.05) is 24.6 Å². The van der Waals surface area contributed by atoms with Crippen molar-refractivity contribution in [1.82, 2.24) is 5.32 Å². The molecule has 0 aliphatic carbocycles. The van der Waals surface area contributed by atoms with Crippen LogP contribution in [0.3, 0.4) is 0 Å². The summed E-state index contributed by atoms with van der Waals surface area (Å²) >= 11 is 0. The highest BCUT2D eigenvalue weighted by Crippen LogP contribution is 2.19. The van der Waals surface area contributed by atoms with Gasteiger partial charge in [0.15, 0.2) is 0 Å². The Bertz CT molecular complexity index is 349. The van der Waals surface area contributed by atoms with Gasteiger partial charge in [-0.2, -0.15) is 0 Å².